The Bertz CT molecular complexity index is 1650. The predicted octanol–water partition coefficient (Wildman–Crippen LogP) is 6.91. The molecule has 6 aromatic rings. The highest BCUT2D eigenvalue weighted by Crippen LogP contribution is 2.35. The third-order valence-corrected chi connectivity index (χ3v) is 5.93. The summed E-state index contributed by atoms with van der Waals surface area (Å²) in [5.41, 5.74) is 6.45. The van der Waals surface area contributed by atoms with Crippen molar-refractivity contribution in [2.45, 2.75) is 0 Å². The van der Waals surface area contributed by atoms with Gasteiger partial charge in [0.2, 0.25) is 0 Å². The van der Waals surface area contributed by atoms with Crippen LogP contribution in [0.25, 0.3) is 53.9 Å². The van der Waals surface area contributed by atoms with Gasteiger partial charge in [-0.1, -0.05) is 48.5 Å². The minimum Gasteiger partial charge on any atom is -0.370 e. The summed E-state index contributed by atoms with van der Waals surface area (Å²) < 4.78 is 0. The Hall–Kier alpha value is -4.18. The zero-order valence-corrected chi connectivity index (χ0v) is 16.6. The summed E-state index contributed by atoms with van der Waals surface area (Å²) in [7, 11) is 0. The minimum atomic E-state index is -0.0570. The van der Waals surface area contributed by atoms with Crippen LogP contribution >= 0.6 is 0 Å². The quantitative estimate of drug-likeness (QED) is 0.120. The molecular formula is C27H20FN3. The van der Waals surface area contributed by atoms with Gasteiger partial charge in [-0.2, -0.15) is 0 Å². The van der Waals surface area contributed by atoms with Crippen molar-refractivity contribution in [1.82, 2.24) is 0 Å². The van der Waals surface area contributed by atoms with E-state index in [0.29, 0.717) is 0 Å². The summed E-state index contributed by atoms with van der Waals surface area (Å²) in [6, 6.07) is 32.5. The lowest BCUT2D eigenvalue weighted by Crippen LogP contribution is -2.20. The lowest BCUT2D eigenvalue weighted by Gasteiger charge is -2.12. The number of rotatable bonds is 1. The molecule has 4 N–H and O–H groups in total. The third kappa shape index (κ3) is 3.01. The topological polar surface area (TPSA) is 61.9 Å². The van der Waals surface area contributed by atoms with Crippen molar-refractivity contribution in [3.05, 3.63) is 91.0 Å². The van der Waals surface area contributed by atoms with Gasteiger partial charge >= 0.3 is 0 Å². The third-order valence-electron chi connectivity index (χ3n) is 5.93. The second-order valence-corrected chi connectivity index (χ2v) is 7.82. The molecule has 0 unspecified atom stereocenters. The second-order valence-electron chi connectivity index (χ2n) is 7.82. The van der Waals surface area contributed by atoms with Gasteiger partial charge in [-0.05, 0) is 90.9 Å². The molecule has 0 spiro atoms. The number of hydrogen-bond donors (Lipinski definition) is 3. The highest BCUT2D eigenvalue weighted by Gasteiger charge is 2.08. The number of halogens is 1. The van der Waals surface area contributed by atoms with Crippen molar-refractivity contribution in [3.8, 4) is 0 Å². The van der Waals surface area contributed by atoms with Crippen LogP contribution in [-0.4, -0.2) is 5.96 Å². The number of anilines is 1. The monoisotopic (exact) mass is 405 g/mol. The van der Waals surface area contributed by atoms with E-state index in [1.807, 2.05) is 12.1 Å². The maximum Gasteiger partial charge on any atom is 0.190 e. The average Bonchev–Trinajstić information content (AvgIpc) is 2.75. The Morgan fingerprint density at radius 2 is 1.06 bits per heavy atom. The summed E-state index contributed by atoms with van der Waals surface area (Å²) in [6.07, 6.45) is 0. The van der Waals surface area contributed by atoms with Crippen LogP contribution in [0.1, 0.15) is 0 Å². The Balaban J connectivity index is 0.00000204. The molecule has 150 valence electrons. The number of guanidine groups is 1. The molecule has 0 amide bonds. The maximum absolute atomic E-state index is 7.62. The van der Waals surface area contributed by atoms with Gasteiger partial charge in [0.15, 0.2) is 5.96 Å². The van der Waals surface area contributed by atoms with Crippen LogP contribution in [-0.2, 0) is 0 Å². The van der Waals surface area contributed by atoms with Crippen LogP contribution in [0, 0.1) is 5.41 Å². The lowest BCUT2D eigenvalue weighted by atomic mass is 9.94. The Labute approximate surface area is 178 Å². The first-order chi connectivity index (χ1) is 14.7. The first kappa shape index (κ1) is 18.8. The molecule has 3 nitrogen and oxygen atoms in total. The van der Waals surface area contributed by atoms with Crippen LogP contribution in [0.4, 0.5) is 10.4 Å². The summed E-state index contributed by atoms with van der Waals surface area (Å²) in [5.74, 6) is -0.0570. The molecule has 31 heavy (non-hydrogen) atoms. The molecule has 0 heterocycles. The van der Waals surface area contributed by atoms with Gasteiger partial charge < -0.3 is 11.1 Å². The molecule has 0 saturated carbocycles. The fourth-order valence-electron chi connectivity index (χ4n) is 4.53. The number of hydrogen-bond acceptors (Lipinski definition) is 1. The van der Waals surface area contributed by atoms with Gasteiger partial charge in [-0.3, -0.25) is 10.1 Å². The number of fused-ring (bicyclic) bond motifs is 6. The molecular weight excluding hydrogens is 385 g/mol. The smallest absolute Gasteiger partial charge is 0.190 e. The first-order valence-corrected chi connectivity index (χ1v) is 9.98. The van der Waals surface area contributed by atoms with Gasteiger partial charge in [0, 0.05) is 11.1 Å². The molecule has 0 aliphatic carbocycles. The van der Waals surface area contributed by atoms with E-state index in [4.69, 9.17) is 11.1 Å². The summed E-state index contributed by atoms with van der Waals surface area (Å²) in [4.78, 5) is 0. The Kier molecular flexibility index (Phi) is 4.22. The second kappa shape index (κ2) is 6.96. The van der Waals surface area contributed by atoms with Crippen LogP contribution in [0.15, 0.2) is 91.0 Å². The lowest BCUT2D eigenvalue weighted by molar-refractivity contribution is 1.11. The molecule has 0 bridgehead atoms. The Morgan fingerprint density at radius 1 is 0.548 bits per heavy atom. The first-order valence-electron chi connectivity index (χ1n) is 9.98. The van der Waals surface area contributed by atoms with E-state index in [2.05, 4.69) is 84.2 Å². The summed E-state index contributed by atoms with van der Waals surface area (Å²) >= 11 is 0. The van der Waals surface area contributed by atoms with Crippen molar-refractivity contribution in [2.24, 2.45) is 5.73 Å². The number of benzene rings is 6. The highest BCUT2D eigenvalue weighted by atomic mass is 19.0. The van der Waals surface area contributed by atoms with E-state index in [9.17, 15) is 0 Å². The predicted molar refractivity (Wildman–Crippen MR) is 132 cm³/mol. The minimum absolute atomic E-state index is 0. The zero-order valence-electron chi connectivity index (χ0n) is 16.6. The molecule has 6 rings (SSSR count). The van der Waals surface area contributed by atoms with Crippen molar-refractivity contribution < 1.29 is 4.70 Å². The van der Waals surface area contributed by atoms with Crippen LogP contribution in [0.2, 0.25) is 0 Å². The standard InChI is InChI=1S/C27H19N3.FH/c28-27(29)30-26-7-3-6-18-12-19-8-9-20-13-21-10-16-4-1-2-5-17(16)11-22(21)14-23(20)24(19)15-25(18)26;/h1-15H,(H4,28,29,30);1H. The SMILES string of the molecule is F.N=C(N)Nc1cccc2cc3ccc4cc5cc6ccccc6cc5cc4c3cc12. The van der Waals surface area contributed by atoms with Crippen LogP contribution < -0.4 is 11.1 Å². The van der Waals surface area contributed by atoms with Crippen molar-refractivity contribution in [3.63, 3.8) is 0 Å². The van der Waals surface area contributed by atoms with Crippen LogP contribution in [0.3, 0.4) is 0 Å². The fraction of sp³-hybridized carbons (Fsp3) is 0. The molecule has 6 aromatic carbocycles. The maximum atomic E-state index is 7.62. The zero-order chi connectivity index (χ0) is 20.2. The average molecular weight is 405 g/mol. The van der Waals surface area contributed by atoms with E-state index < -0.39 is 0 Å². The number of nitrogens with two attached hydrogens (primary N) is 1. The Morgan fingerprint density at radius 3 is 1.74 bits per heavy atom. The van der Waals surface area contributed by atoms with E-state index in [1.54, 1.807) is 0 Å². The van der Waals surface area contributed by atoms with Gasteiger partial charge in [0.05, 0.1) is 0 Å². The van der Waals surface area contributed by atoms with Gasteiger partial charge in [-0.25, -0.2) is 0 Å². The molecule has 0 fully saturated rings. The highest BCUT2D eigenvalue weighted by molar-refractivity contribution is 6.18. The van der Waals surface area contributed by atoms with E-state index in [-0.39, 0.29) is 10.7 Å². The number of nitrogens with one attached hydrogen (secondary N) is 2. The molecule has 0 aliphatic heterocycles. The van der Waals surface area contributed by atoms with Gasteiger partial charge in [0.1, 0.15) is 0 Å². The molecule has 0 saturated heterocycles. The molecule has 0 aliphatic rings. The largest absolute Gasteiger partial charge is 0.370 e. The van der Waals surface area contributed by atoms with Crippen molar-refractivity contribution >= 4 is 65.5 Å². The van der Waals surface area contributed by atoms with Crippen LogP contribution in [0.5, 0.6) is 0 Å². The fourth-order valence-corrected chi connectivity index (χ4v) is 4.53. The molecule has 0 radical (unpaired) electrons. The van der Waals surface area contributed by atoms with E-state index >= 15 is 0 Å². The summed E-state index contributed by atoms with van der Waals surface area (Å²) in [6.45, 7) is 0. The molecule has 4 heteroatoms. The van der Waals surface area contributed by atoms with Crippen molar-refractivity contribution in [2.75, 3.05) is 5.32 Å². The van der Waals surface area contributed by atoms with Gasteiger partial charge in [0.25, 0.3) is 0 Å². The van der Waals surface area contributed by atoms with Crippen molar-refractivity contribution in [1.29, 1.82) is 5.41 Å². The summed E-state index contributed by atoms with van der Waals surface area (Å²) in [5, 5.41) is 22.6. The molecule has 0 aromatic heterocycles. The van der Waals surface area contributed by atoms with E-state index in [1.165, 1.54) is 43.1 Å². The van der Waals surface area contributed by atoms with E-state index in [0.717, 1.165) is 16.5 Å². The normalized spacial score (nSPS) is 11.2. The molecule has 0 atom stereocenters. The van der Waals surface area contributed by atoms with Gasteiger partial charge in [-0.15, -0.1) is 0 Å².